The minimum atomic E-state index is -0.864. The van der Waals surface area contributed by atoms with Crippen LogP contribution in [-0.4, -0.2) is 71.9 Å². The van der Waals surface area contributed by atoms with Crippen molar-refractivity contribution in [2.45, 2.75) is 82.2 Å². The summed E-state index contributed by atoms with van der Waals surface area (Å²) < 4.78 is 26.0. The lowest BCUT2D eigenvalue weighted by Crippen LogP contribution is -2.55. The summed E-state index contributed by atoms with van der Waals surface area (Å²) in [5.41, 5.74) is 1.09. The predicted octanol–water partition coefficient (Wildman–Crippen LogP) is 4.33. The third-order valence-corrected chi connectivity index (χ3v) is 10.1. The summed E-state index contributed by atoms with van der Waals surface area (Å²) in [4.78, 5) is 28.0. The van der Waals surface area contributed by atoms with Crippen LogP contribution in [0.2, 0.25) is 5.02 Å². The fourth-order valence-electron chi connectivity index (χ4n) is 6.34. The SMILES string of the molecule is CSC1CC(C)NC(=O)C1CNC(=O)c1cc(Cl)c2c(c1C)OC(C)(C1CCC(N3CC(F)C3)CC1)O2. The van der Waals surface area contributed by atoms with Gasteiger partial charge in [-0.25, -0.2) is 4.39 Å². The van der Waals surface area contributed by atoms with Gasteiger partial charge in [-0.05, 0) is 58.3 Å². The van der Waals surface area contributed by atoms with Crippen LogP contribution in [0, 0.1) is 18.8 Å². The first-order chi connectivity index (χ1) is 17.6. The van der Waals surface area contributed by atoms with E-state index in [9.17, 15) is 14.0 Å². The number of carbonyl (C=O) groups excluding carboxylic acids is 2. The third kappa shape index (κ3) is 5.15. The van der Waals surface area contributed by atoms with Crippen LogP contribution in [0.15, 0.2) is 6.07 Å². The quantitative estimate of drug-likeness (QED) is 0.546. The molecule has 1 aromatic rings. The third-order valence-electron chi connectivity index (χ3n) is 8.66. The fourth-order valence-corrected chi connectivity index (χ4v) is 7.60. The normalized spacial score (nSPS) is 34.1. The molecule has 2 saturated heterocycles. The van der Waals surface area contributed by atoms with E-state index in [0.717, 1.165) is 32.1 Å². The van der Waals surface area contributed by atoms with Crippen molar-refractivity contribution in [1.82, 2.24) is 15.5 Å². The minimum absolute atomic E-state index is 0.0250. The Hall–Kier alpha value is -1.71. The Bertz CT molecular complexity index is 1060. The van der Waals surface area contributed by atoms with E-state index in [-0.39, 0.29) is 41.5 Å². The Morgan fingerprint density at radius 1 is 1.27 bits per heavy atom. The summed E-state index contributed by atoms with van der Waals surface area (Å²) in [5, 5.41) is 6.43. The first kappa shape index (κ1) is 26.9. The topological polar surface area (TPSA) is 79.9 Å². The highest BCUT2D eigenvalue weighted by Gasteiger charge is 2.48. The number of nitrogens with zero attached hydrogens (tertiary/aromatic N) is 1. The molecule has 0 radical (unpaired) electrons. The van der Waals surface area contributed by atoms with E-state index in [1.54, 1.807) is 17.8 Å². The van der Waals surface area contributed by atoms with E-state index < -0.39 is 12.0 Å². The van der Waals surface area contributed by atoms with Crippen molar-refractivity contribution < 1.29 is 23.5 Å². The Kier molecular flexibility index (Phi) is 7.59. The van der Waals surface area contributed by atoms with E-state index in [2.05, 4.69) is 15.5 Å². The Morgan fingerprint density at radius 2 is 1.95 bits per heavy atom. The second kappa shape index (κ2) is 10.5. The molecule has 10 heteroatoms. The molecular weight excluding hydrogens is 517 g/mol. The molecule has 3 heterocycles. The molecule has 7 nitrogen and oxygen atoms in total. The number of benzene rings is 1. The maximum absolute atomic E-state index is 13.3. The summed E-state index contributed by atoms with van der Waals surface area (Å²) >= 11 is 8.26. The number of rotatable bonds is 6. The van der Waals surface area contributed by atoms with Crippen LogP contribution in [0.25, 0.3) is 0 Å². The number of hydrogen-bond donors (Lipinski definition) is 2. The number of hydrogen-bond acceptors (Lipinski definition) is 6. The van der Waals surface area contributed by atoms with Gasteiger partial charge < -0.3 is 20.1 Å². The molecule has 2 N–H and O–H groups in total. The Labute approximate surface area is 227 Å². The van der Waals surface area contributed by atoms with Crippen molar-refractivity contribution in [3.05, 3.63) is 22.2 Å². The maximum atomic E-state index is 13.3. The lowest BCUT2D eigenvalue weighted by molar-refractivity contribution is -0.127. The zero-order chi connectivity index (χ0) is 26.5. The summed E-state index contributed by atoms with van der Waals surface area (Å²) in [6.07, 6.45) is 6.01. The molecule has 1 aromatic carbocycles. The van der Waals surface area contributed by atoms with E-state index >= 15 is 0 Å². The monoisotopic (exact) mass is 553 g/mol. The molecule has 4 atom stereocenters. The zero-order valence-corrected chi connectivity index (χ0v) is 23.5. The van der Waals surface area contributed by atoms with Crippen LogP contribution in [0.1, 0.15) is 61.9 Å². The van der Waals surface area contributed by atoms with Gasteiger partial charge in [0.25, 0.3) is 11.7 Å². The maximum Gasteiger partial charge on any atom is 0.251 e. The zero-order valence-electron chi connectivity index (χ0n) is 21.9. The van der Waals surface area contributed by atoms with E-state index in [1.807, 2.05) is 27.0 Å². The molecule has 0 aromatic heterocycles. The second-order valence-corrected chi connectivity index (χ2v) is 12.7. The lowest BCUT2D eigenvalue weighted by atomic mass is 9.80. The van der Waals surface area contributed by atoms with Gasteiger partial charge in [0.2, 0.25) is 5.91 Å². The van der Waals surface area contributed by atoms with Crippen molar-refractivity contribution in [2.75, 3.05) is 25.9 Å². The molecule has 3 fully saturated rings. The van der Waals surface area contributed by atoms with Crippen molar-refractivity contribution in [1.29, 1.82) is 0 Å². The molecule has 0 bridgehead atoms. The van der Waals surface area contributed by atoms with Crippen molar-refractivity contribution >= 4 is 35.2 Å². The molecule has 5 rings (SSSR count). The number of amides is 2. The molecule has 1 saturated carbocycles. The van der Waals surface area contributed by atoms with E-state index in [4.69, 9.17) is 21.1 Å². The van der Waals surface area contributed by atoms with Gasteiger partial charge in [0, 0.05) is 60.9 Å². The van der Waals surface area contributed by atoms with Crippen LogP contribution < -0.4 is 20.1 Å². The highest BCUT2D eigenvalue weighted by Crippen LogP contribution is 2.52. The van der Waals surface area contributed by atoms with Gasteiger partial charge >= 0.3 is 0 Å². The molecule has 37 heavy (non-hydrogen) atoms. The van der Waals surface area contributed by atoms with Gasteiger partial charge in [-0.3, -0.25) is 14.5 Å². The van der Waals surface area contributed by atoms with Crippen LogP contribution in [0.4, 0.5) is 4.39 Å². The van der Waals surface area contributed by atoms with Gasteiger partial charge in [-0.2, -0.15) is 11.8 Å². The minimum Gasteiger partial charge on any atom is -0.448 e. The molecule has 1 aliphatic carbocycles. The van der Waals surface area contributed by atoms with Gasteiger partial charge in [0.05, 0.1) is 10.9 Å². The number of thioether (sulfide) groups is 1. The van der Waals surface area contributed by atoms with Crippen molar-refractivity contribution in [2.24, 2.45) is 11.8 Å². The van der Waals surface area contributed by atoms with Crippen LogP contribution >= 0.6 is 23.4 Å². The number of likely N-dealkylation sites (tertiary alicyclic amines) is 1. The fraction of sp³-hybridized carbons (Fsp3) is 0.704. The number of piperidine rings is 1. The average molecular weight is 554 g/mol. The number of ether oxygens (including phenoxy) is 2. The number of halogens is 2. The summed E-state index contributed by atoms with van der Waals surface area (Å²) in [7, 11) is 0. The molecule has 0 spiro atoms. The first-order valence-electron chi connectivity index (χ1n) is 13.3. The Balaban J connectivity index is 1.25. The van der Waals surface area contributed by atoms with Gasteiger partial charge in [0.1, 0.15) is 6.17 Å². The van der Waals surface area contributed by atoms with Crippen molar-refractivity contribution in [3.63, 3.8) is 0 Å². The molecule has 3 aliphatic heterocycles. The van der Waals surface area contributed by atoms with E-state index in [1.165, 1.54) is 0 Å². The molecule has 4 unspecified atom stereocenters. The molecule has 204 valence electrons. The second-order valence-electron chi connectivity index (χ2n) is 11.2. The van der Waals surface area contributed by atoms with Gasteiger partial charge in [-0.15, -0.1) is 0 Å². The highest BCUT2D eigenvalue weighted by molar-refractivity contribution is 7.99. The number of nitrogens with one attached hydrogen (secondary N) is 2. The molecule has 4 aliphatic rings. The summed E-state index contributed by atoms with van der Waals surface area (Å²) in [6.45, 7) is 7.14. The van der Waals surface area contributed by atoms with Gasteiger partial charge in [-0.1, -0.05) is 11.6 Å². The average Bonchev–Trinajstić information content (AvgIpc) is 3.23. The lowest BCUT2D eigenvalue weighted by Gasteiger charge is -2.45. The number of fused-ring (bicyclic) bond motifs is 1. The predicted molar refractivity (Wildman–Crippen MR) is 143 cm³/mol. The molecular formula is C27H37ClFN3O4S. The smallest absolute Gasteiger partial charge is 0.251 e. The van der Waals surface area contributed by atoms with Crippen LogP contribution in [0.3, 0.4) is 0 Å². The number of alkyl halides is 1. The highest BCUT2D eigenvalue weighted by atomic mass is 35.5. The van der Waals surface area contributed by atoms with Gasteiger partial charge in [0.15, 0.2) is 11.5 Å². The standard InChI is InChI=1S/C27H37ClFN3O4S/c1-14-9-22(37-4)20(26(34)31-14)11-30-25(33)19-10-21(28)24-23(15(19)2)35-27(3,36-24)16-5-7-18(8-6-16)32-12-17(29)13-32/h10,14,16-18,20,22H,5-9,11-13H2,1-4H3,(H,30,33)(H,31,34). The summed E-state index contributed by atoms with van der Waals surface area (Å²) in [5.74, 6) is -0.304. The van der Waals surface area contributed by atoms with E-state index in [0.29, 0.717) is 46.8 Å². The molecule has 2 amide bonds. The Morgan fingerprint density at radius 3 is 2.59 bits per heavy atom. The van der Waals surface area contributed by atoms with Crippen LogP contribution in [-0.2, 0) is 4.79 Å². The van der Waals surface area contributed by atoms with Crippen molar-refractivity contribution in [3.8, 4) is 11.5 Å². The number of carbonyl (C=O) groups is 2. The largest absolute Gasteiger partial charge is 0.448 e. The van der Waals surface area contributed by atoms with Crippen LogP contribution in [0.5, 0.6) is 11.5 Å². The first-order valence-corrected chi connectivity index (χ1v) is 15.0. The summed E-state index contributed by atoms with van der Waals surface area (Å²) in [6, 6.07) is 2.19.